The van der Waals surface area contributed by atoms with Crippen molar-refractivity contribution in [3.05, 3.63) is 59.9 Å². The summed E-state index contributed by atoms with van der Waals surface area (Å²) in [5.74, 6) is -0.137. The van der Waals surface area contributed by atoms with E-state index < -0.39 is 0 Å². The van der Waals surface area contributed by atoms with Crippen molar-refractivity contribution in [1.29, 1.82) is 0 Å². The van der Waals surface area contributed by atoms with Crippen molar-refractivity contribution in [2.24, 2.45) is 5.16 Å². The van der Waals surface area contributed by atoms with Gasteiger partial charge in [0.05, 0.1) is 11.4 Å². The Morgan fingerprint density at radius 1 is 1.19 bits per heavy atom. The molecule has 0 bridgehead atoms. The predicted molar refractivity (Wildman–Crippen MR) is 79.9 cm³/mol. The van der Waals surface area contributed by atoms with Gasteiger partial charge in [0.15, 0.2) is 0 Å². The molecule has 21 heavy (non-hydrogen) atoms. The minimum absolute atomic E-state index is 0.137. The summed E-state index contributed by atoms with van der Waals surface area (Å²) >= 11 is 0. The van der Waals surface area contributed by atoms with Crippen molar-refractivity contribution < 1.29 is 10.0 Å². The summed E-state index contributed by atoms with van der Waals surface area (Å²) in [6.45, 7) is 0.575. The Kier molecular flexibility index (Phi) is 3.64. The summed E-state index contributed by atoms with van der Waals surface area (Å²) in [5, 5.41) is 12.6. The second-order valence-corrected chi connectivity index (χ2v) is 4.84. The molecule has 2 heterocycles. The van der Waals surface area contributed by atoms with Gasteiger partial charge in [0.2, 0.25) is 0 Å². The zero-order valence-corrected chi connectivity index (χ0v) is 11.4. The average molecular weight is 281 g/mol. The normalized spacial score (nSPS) is 16.4. The zero-order valence-electron chi connectivity index (χ0n) is 11.4. The first-order valence-electron chi connectivity index (χ1n) is 6.84. The van der Waals surface area contributed by atoms with Gasteiger partial charge in [0, 0.05) is 18.3 Å². The van der Waals surface area contributed by atoms with Gasteiger partial charge in [-0.2, -0.15) is 0 Å². The van der Waals surface area contributed by atoms with E-state index in [2.05, 4.69) is 10.1 Å². The van der Waals surface area contributed by atoms with Crippen LogP contribution in [0.25, 0.3) is 0 Å². The summed E-state index contributed by atoms with van der Waals surface area (Å²) < 4.78 is 0. The molecule has 0 spiro atoms. The lowest BCUT2D eigenvalue weighted by Crippen LogP contribution is -2.32. The maximum atomic E-state index is 12.7. The van der Waals surface area contributed by atoms with Crippen LogP contribution in [0.15, 0.2) is 53.8 Å². The predicted octanol–water partition coefficient (Wildman–Crippen LogP) is 2.70. The van der Waals surface area contributed by atoms with Gasteiger partial charge in [-0.15, -0.1) is 0 Å². The van der Waals surface area contributed by atoms with E-state index in [1.807, 2.05) is 24.3 Å². The van der Waals surface area contributed by atoms with E-state index in [0.717, 1.165) is 17.7 Å². The van der Waals surface area contributed by atoms with E-state index in [1.54, 1.807) is 29.3 Å². The van der Waals surface area contributed by atoms with Crippen LogP contribution in [0, 0.1) is 0 Å². The molecule has 1 aromatic heterocycles. The lowest BCUT2D eigenvalue weighted by molar-refractivity contribution is 0.0982. The number of rotatable bonds is 1. The van der Waals surface area contributed by atoms with Crippen molar-refractivity contribution in [3.63, 3.8) is 0 Å². The summed E-state index contributed by atoms with van der Waals surface area (Å²) in [7, 11) is 0. The maximum absolute atomic E-state index is 12.7. The van der Waals surface area contributed by atoms with E-state index in [4.69, 9.17) is 0 Å². The molecule has 3 rings (SSSR count). The van der Waals surface area contributed by atoms with Gasteiger partial charge in [-0.3, -0.25) is 9.78 Å². The summed E-state index contributed by atoms with van der Waals surface area (Å²) in [6.07, 6.45) is 2.99. The number of oxime groups is 1. The number of hydrogen-bond acceptors (Lipinski definition) is 4. The van der Waals surface area contributed by atoms with Gasteiger partial charge in [-0.05, 0) is 31.0 Å². The van der Waals surface area contributed by atoms with Crippen molar-refractivity contribution >= 4 is 17.3 Å². The van der Waals surface area contributed by atoms with Crippen LogP contribution >= 0.6 is 0 Å². The number of carbonyl (C=O) groups excluding carboxylic acids is 1. The number of aromatic nitrogens is 1. The molecule has 106 valence electrons. The van der Waals surface area contributed by atoms with Crippen LogP contribution in [-0.2, 0) is 0 Å². The molecule has 1 aliphatic rings. The van der Waals surface area contributed by atoms with Gasteiger partial charge in [-0.1, -0.05) is 29.4 Å². The highest BCUT2D eigenvalue weighted by molar-refractivity contribution is 6.12. The highest BCUT2D eigenvalue weighted by atomic mass is 16.4. The lowest BCUT2D eigenvalue weighted by atomic mass is 10.1. The first-order valence-corrected chi connectivity index (χ1v) is 6.84. The fourth-order valence-electron chi connectivity index (χ4n) is 2.56. The van der Waals surface area contributed by atoms with Crippen LogP contribution in [0.3, 0.4) is 0 Å². The molecule has 5 nitrogen and oxygen atoms in total. The molecule has 0 fully saturated rings. The molecule has 1 amide bonds. The minimum atomic E-state index is -0.137. The third kappa shape index (κ3) is 2.50. The number of nitrogens with zero attached hydrogens (tertiary/aromatic N) is 3. The smallest absolute Gasteiger partial charge is 0.276 e. The van der Waals surface area contributed by atoms with Gasteiger partial charge in [0.1, 0.15) is 5.69 Å². The molecule has 0 unspecified atom stereocenters. The Morgan fingerprint density at radius 3 is 2.76 bits per heavy atom. The minimum Gasteiger partial charge on any atom is -0.411 e. The molecular formula is C16H15N3O2. The van der Waals surface area contributed by atoms with Gasteiger partial charge < -0.3 is 10.1 Å². The molecule has 1 aliphatic heterocycles. The number of para-hydroxylation sites is 1. The van der Waals surface area contributed by atoms with E-state index in [9.17, 15) is 10.0 Å². The van der Waals surface area contributed by atoms with E-state index in [1.165, 1.54) is 0 Å². The lowest BCUT2D eigenvalue weighted by Gasteiger charge is -2.22. The van der Waals surface area contributed by atoms with Crippen LogP contribution in [0.4, 0.5) is 5.69 Å². The Labute approximate surface area is 122 Å². The monoisotopic (exact) mass is 281 g/mol. The fraction of sp³-hybridized carbons (Fsp3) is 0.188. The maximum Gasteiger partial charge on any atom is 0.276 e. The van der Waals surface area contributed by atoms with Crippen molar-refractivity contribution in [3.8, 4) is 0 Å². The number of fused-ring (bicyclic) bond motifs is 1. The second-order valence-electron chi connectivity index (χ2n) is 4.84. The molecule has 2 aromatic rings. The largest absolute Gasteiger partial charge is 0.411 e. The van der Waals surface area contributed by atoms with Crippen LogP contribution in [-0.4, -0.2) is 28.4 Å². The quantitative estimate of drug-likeness (QED) is 0.645. The molecule has 5 heteroatoms. The Hall–Kier alpha value is -2.69. The van der Waals surface area contributed by atoms with Crippen molar-refractivity contribution in [2.45, 2.75) is 12.8 Å². The zero-order chi connectivity index (χ0) is 14.7. The van der Waals surface area contributed by atoms with Crippen LogP contribution in [0.5, 0.6) is 0 Å². The first kappa shape index (κ1) is 13.3. The number of amides is 1. The van der Waals surface area contributed by atoms with Crippen molar-refractivity contribution in [2.75, 3.05) is 11.4 Å². The average Bonchev–Trinajstić information content (AvgIpc) is 2.74. The topological polar surface area (TPSA) is 65.8 Å². The molecule has 0 atom stereocenters. The third-order valence-corrected chi connectivity index (χ3v) is 3.55. The highest BCUT2D eigenvalue weighted by Crippen LogP contribution is 2.27. The summed E-state index contributed by atoms with van der Waals surface area (Å²) in [4.78, 5) is 18.5. The third-order valence-electron chi connectivity index (χ3n) is 3.55. The van der Waals surface area contributed by atoms with Crippen LogP contribution in [0.2, 0.25) is 0 Å². The molecule has 0 aliphatic carbocycles. The second kappa shape index (κ2) is 5.75. The van der Waals surface area contributed by atoms with Crippen LogP contribution in [0.1, 0.15) is 28.9 Å². The molecule has 1 N–H and O–H groups in total. The van der Waals surface area contributed by atoms with E-state index in [0.29, 0.717) is 24.4 Å². The summed E-state index contributed by atoms with van der Waals surface area (Å²) in [6, 6.07) is 12.8. The first-order chi connectivity index (χ1) is 10.3. The van der Waals surface area contributed by atoms with Gasteiger partial charge in [-0.25, -0.2) is 0 Å². The Bertz CT molecular complexity index is 683. The Morgan fingerprint density at radius 2 is 2.00 bits per heavy atom. The SMILES string of the molecule is O=C(c1ccccn1)N1CCC/C(=N/O)c2ccccc21. The molecule has 0 saturated heterocycles. The van der Waals surface area contributed by atoms with Gasteiger partial charge >= 0.3 is 0 Å². The Balaban J connectivity index is 2.05. The fourth-order valence-corrected chi connectivity index (χ4v) is 2.56. The van der Waals surface area contributed by atoms with E-state index in [-0.39, 0.29) is 5.91 Å². The van der Waals surface area contributed by atoms with Crippen LogP contribution < -0.4 is 4.90 Å². The van der Waals surface area contributed by atoms with E-state index >= 15 is 0 Å². The number of benzene rings is 1. The molecule has 0 saturated carbocycles. The number of hydrogen-bond donors (Lipinski definition) is 1. The molecular weight excluding hydrogens is 266 g/mol. The number of pyridine rings is 1. The molecule has 1 aromatic carbocycles. The van der Waals surface area contributed by atoms with Gasteiger partial charge in [0.25, 0.3) is 5.91 Å². The summed E-state index contributed by atoms with van der Waals surface area (Å²) in [5.41, 5.74) is 2.58. The standard InChI is InChI=1S/C16H15N3O2/c20-16(14-7-3-4-10-17-14)19-11-5-8-13(18-21)12-6-1-2-9-15(12)19/h1-4,6-7,9-10,21H,5,8,11H2/b18-13-. The number of anilines is 1. The molecule has 0 radical (unpaired) electrons. The number of carbonyl (C=O) groups is 1. The highest BCUT2D eigenvalue weighted by Gasteiger charge is 2.25. The van der Waals surface area contributed by atoms with Crippen molar-refractivity contribution in [1.82, 2.24) is 4.98 Å².